The van der Waals surface area contributed by atoms with Gasteiger partial charge in [-0.15, -0.1) is 0 Å². The molecule has 5 aliphatic rings. The van der Waals surface area contributed by atoms with Gasteiger partial charge in [-0.1, -0.05) is 23.7 Å². The van der Waals surface area contributed by atoms with Gasteiger partial charge in [-0.3, -0.25) is 9.69 Å². The minimum absolute atomic E-state index is 0.0711. The van der Waals surface area contributed by atoms with Gasteiger partial charge in [-0.2, -0.15) is 0 Å². The van der Waals surface area contributed by atoms with Gasteiger partial charge in [0.05, 0.1) is 6.04 Å². The molecule has 4 saturated carbocycles. The molecule has 1 saturated heterocycles. The lowest BCUT2D eigenvalue weighted by Crippen LogP contribution is -2.53. The molecule has 5 fully saturated rings. The minimum atomic E-state index is 0.0711. The highest BCUT2D eigenvalue weighted by Crippen LogP contribution is 2.54. The second kappa shape index (κ2) is 7.27. The number of nitrogens with zero attached hydrogens (tertiary/aromatic N) is 1. The van der Waals surface area contributed by atoms with E-state index in [1.807, 2.05) is 12.1 Å². The molecule has 1 N–H and O–H groups in total. The zero-order valence-electron chi connectivity index (χ0n) is 17.2. The second-order valence-electron chi connectivity index (χ2n) is 10.8. The molecule has 4 heteroatoms. The summed E-state index contributed by atoms with van der Waals surface area (Å²) in [4.78, 5) is 16.0. The number of nitrogens with one attached hydrogen (secondary N) is 1. The Morgan fingerprint density at radius 3 is 2.34 bits per heavy atom. The molecule has 6 rings (SSSR count). The zero-order valence-corrected chi connectivity index (χ0v) is 18.0. The van der Waals surface area contributed by atoms with E-state index in [4.69, 9.17) is 11.6 Å². The summed E-state index contributed by atoms with van der Waals surface area (Å²) >= 11 is 6.06. The van der Waals surface area contributed by atoms with Crippen LogP contribution in [0.15, 0.2) is 24.3 Å². The topological polar surface area (TPSA) is 32.3 Å². The summed E-state index contributed by atoms with van der Waals surface area (Å²) in [6.07, 6.45) is 11.9. The molecular weight excluding hydrogens is 380 g/mol. The van der Waals surface area contributed by atoms with Crippen molar-refractivity contribution < 1.29 is 4.79 Å². The third-order valence-corrected chi connectivity index (χ3v) is 9.11. The fourth-order valence-corrected chi connectivity index (χ4v) is 7.69. The molecule has 0 spiro atoms. The highest BCUT2D eigenvalue weighted by Gasteiger charge is 2.50. The highest BCUT2D eigenvalue weighted by molar-refractivity contribution is 6.30. The van der Waals surface area contributed by atoms with Crippen LogP contribution in [0.1, 0.15) is 63.4 Å². The number of fused-ring (bicyclic) bond motifs is 5. The molecule has 1 amide bonds. The SMILES string of the molecule is O=C(NC1CC2CC(C1)CC1CC1C2)[C@H]1C2CC[C@H](C2)N1Cc1ccc(Cl)cc1. The van der Waals surface area contributed by atoms with Crippen LogP contribution in [0.5, 0.6) is 0 Å². The molecule has 29 heavy (non-hydrogen) atoms. The van der Waals surface area contributed by atoms with E-state index in [1.165, 1.54) is 63.4 Å². The monoisotopic (exact) mass is 412 g/mol. The van der Waals surface area contributed by atoms with Crippen LogP contribution in [0.3, 0.4) is 0 Å². The molecular formula is C25H33ClN2O. The Kier molecular flexibility index (Phi) is 4.68. The first-order chi connectivity index (χ1) is 14.1. The largest absolute Gasteiger partial charge is 0.352 e. The first-order valence-electron chi connectivity index (χ1n) is 11.9. The number of likely N-dealkylation sites (tertiary alicyclic amines) is 1. The Balaban J connectivity index is 1.14. The lowest BCUT2D eigenvalue weighted by atomic mass is 9.76. The summed E-state index contributed by atoms with van der Waals surface area (Å²) in [6.45, 7) is 0.871. The van der Waals surface area contributed by atoms with Crippen LogP contribution in [-0.4, -0.2) is 28.9 Å². The lowest BCUT2D eigenvalue weighted by Gasteiger charge is -2.38. The Bertz CT molecular complexity index is 758. The number of benzene rings is 1. The van der Waals surface area contributed by atoms with E-state index in [0.29, 0.717) is 23.9 Å². The van der Waals surface area contributed by atoms with Gasteiger partial charge in [-0.05, 0) is 105 Å². The van der Waals surface area contributed by atoms with Crippen LogP contribution in [0, 0.1) is 29.6 Å². The predicted molar refractivity (Wildman–Crippen MR) is 116 cm³/mol. The Labute approximate surface area is 179 Å². The molecule has 1 aromatic carbocycles. The van der Waals surface area contributed by atoms with Crippen LogP contribution < -0.4 is 5.32 Å². The Morgan fingerprint density at radius 1 is 0.897 bits per heavy atom. The van der Waals surface area contributed by atoms with Crippen molar-refractivity contribution in [2.75, 3.05) is 0 Å². The van der Waals surface area contributed by atoms with E-state index >= 15 is 0 Å². The maximum Gasteiger partial charge on any atom is 0.237 e. The van der Waals surface area contributed by atoms with E-state index in [-0.39, 0.29) is 6.04 Å². The van der Waals surface area contributed by atoms with Crippen LogP contribution in [0.25, 0.3) is 0 Å². The first-order valence-corrected chi connectivity index (χ1v) is 12.3. The highest BCUT2D eigenvalue weighted by atomic mass is 35.5. The van der Waals surface area contributed by atoms with Crippen molar-refractivity contribution >= 4 is 17.5 Å². The summed E-state index contributed by atoms with van der Waals surface area (Å²) in [6, 6.07) is 9.22. The summed E-state index contributed by atoms with van der Waals surface area (Å²) in [5.41, 5.74) is 1.27. The summed E-state index contributed by atoms with van der Waals surface area (Å²) in [7, 11) is 0. The minimum Gasteiger partial charge on any atom is -0.352 e. The smallest absolute Gasteiger partial charge is 0.237 e. The standard InChI is InChI=1S/C25H33ClN2O/c26-21-4-1-15(2-5-21)14-28-23-6-3-18(13-23)24(28)25(29)27-22-10-16-7-17(11-22)9-20-12-19(20)8-16/h1-2,4-5,16-20,22-24H,3,6-14H2,(H,27,29)/t16?,17?,18?,19?,20?,22?,23-,24-/m1/s1. The first kappa shape index (κ1) is 18.7. The summed E-state index contributed by atoms with van der Waals surface area (Å²) in [5, 5.41) is 4.33. The molecule has 156 valence electrons. The van der Waals surface area contributed by atoms with E-state index in [1.54, 1.807) is 0 Å². The number of halogens is 1. The predicted octanol–water partition coefficient (Wildman–Crippen LogP) is 5.02. The van der Waals surface area contributed by atoms with E-state index in [2.05, 4.69) is 22.3 Å². The van der Waals surface area contributed by atoms with Gasteiger partial charge in [0.15, 0.2) is 0 Å². The van der Waals surface area contributed by atoms with Gasteiger partial charge < -0.3 is 5.32 Å². The number of hydrogen-bond acceptors (Lipinski definition) is 2. The summed E-state index contributed by atoms with van der Waals surface area (Å²) in [5.74, 6) is 4.65. The molecule has 7 atom stereocenters. The molecule has 1 heterocycles. The average molecular weight is 413 g/mol. The second-order valence-corrected chi connectivity index (χ2v) is 11.3. The number of piperidine rings is 1. The van der Waals surface area contributed by atoms with E-state index < -0.39 is 0 Å². The zero-order chi connectivity index (χ0) is 19.5. The normalized spacial score (nSPS) is 42.9. The fraction of sp³-hybridized carbons (Fsp3) is 0.720. The maximum absolute atomic E-state index is 13.5. The quantitative estimate of drug-likeness (QED) is 0.752. The Hall–Kier alpha value is -1.06. The van der Waals surface area contributed by atoms with E-state index in [9.17, 15) is 4.79 Å². The van der Waals surface area contributed by atoms with Gasteiger partial charge in [0, 0.05) is 23.7 Å². The molecule has 5 unspecified atom stereocenters. The van der Waals surface area contributed by atoms with Crippen LogP contribution >= 0.6 is 11.6 Å². The Morgan fingerprint density at radius 2 is 1.62 bits per heavy atom. The van der Waals surface area contributed by atoms with Crippen molar-refractivity contribution in [3.8, 4) is 0 Å². The molecule has 4 bridgehead atoms. The van der Waals surface area contributed by atoms with Gasteiger partial charge in [-0.25, -0.2) is 0 Å². The molecule has 1 aliphatic heterocycles. The van der Waals surface area contributed by atoms with Crippen LogP contribution in [-0.2, 0) is 11.3 Å². The van der Waals surface area contributed by atoms with Crippen molar-refractivity contribution in [3.05, 3.63) is 34.9 Å². The lowest BCUT2D eigenvalue weighted by molar-refractivity contribution is -0.129. The van der Waals surface area contributed by atoms with E-state index in [0.717, 1.165) is 35.2 Å². The van der Waals surface area contributed by atoms with Gasteiger partial charge >= 0.3 is 0 Å². The maximum atomic E-state index is 13.5. The van der Waals surface area contributed by atoms with Gasteiger partial charge in [0.25, 0.3) is 0 Å². The number of carbonyl (C=O) groups is 1. The number of hydrogen-bond donors (Lipinski definition) is 1. The number of rotatable bonds is 4. The van der Waals surface area contributed by atoms with Crippen molar-refractivity contribution in [1.29, 1.82) is 0 Å². The van der Waals surface area contributed by atoms with Crippen LogP contribution in [0.4, 0.5) is 0 Å². The van der Waals surface area contributed by atoms with Gasteiger partial charge in [0.1, 0.15) is 0 Å². The molecule has 1 aromatic rings. The van der Waals surface area contributed by atoms with Crippen molar-refractivity contribution in [2.24, 2.45) is 29.6 Å². The third kappa shape index (κ3) is 3.63. The van der Waals surface area contributed by atoms with Crippen molar-refractivity contribution in [1.82, 2.24) is 10.2 Å². The van der Waals surface area contributed by atoms with Crippen molar-refractivity contribution in [2.45, 2.75) is 82.5 Å². The number of amides is 1. The average Bonchev–Trinajstić information content (AvgIpc) is 3.12. The summed E-state index contributed by atoms with van der Waals surface area (Å²) < 4.78 is 0. The molecule has 0 aromatic heterocycles. The molecule has 0 radical (unpaired) electrons. The van der Waals surface area contributed by atoms with Crippen molar-refractivity contribution in [3.63, 3.8) is 0 Å². The third-order valence-electron chi connectivity index (χ3n) is 8.86. The molecule has 4 aliphatic carbocycles. The number of carbonyl (C=O) groups excluding carboxylic acids is 1. The van der Waals surface area contributed by atoms with Crippen LogP contribution in [0.2, 0.25) is 5.02 Å². The van der Waals surface area contributed by atoms with Gasteiger partial charge in [0.2, 0.25) is 5.91 Å². The molecule has 3 nitrogen and oxygen atoms in total. The fourth-order valence-electron chi connectivity index (χ4n) is 7.57.